The minimum atomic E-state index is -1.11. The number of fused-ring (bicyclic) bond motifs is 1. The third-order valence-corrected chi connectivity index (χ3v) is 5.25. The number of aliphatic hydroxyl groups is 1. The summed E-state index contributed by atoms with van der Waals surface area (Å²) in [4.78, 5) is 25.1. The van der Waals surface area contributed by atoms with E-state index in [-0.39, 0.29) is 0 Å². The maximum atomic E-state index is 12.5. The lowest BCUT2D eigenvalue weighted by Crippen LogP contribution is -2.43. The van der Waals surface area contributed by atoms with Gasteiger partial charge in [0.2, 0.25) is 0 Å². The first kappa shape index (κ1) is 18.4. The number of aryl methyl sites for hydroxylation is 1. The molecule has 3 rings (SSSR count). The first-order valence-corrected chi connectivity index (χ1v) is 8.89. The summed E-state index contributed by atoms with van der Waals surface area (Å²) in [6.45, 7) is 1.30. The van der Waals surface area contributed by atoms with Gasteiger partial charge in [-0.05, 0) is 25.1 Å². The fourth-order valence-corrected chi connectivity index (χ4v) is 3.79. The highest BCUT2D eigenvalue weighted by Crippen LogP contribution is 2.32. The van der Waals surface area contributed by atoms with Crippen LogP contribution in [0.4, 0.5) is 0 Å². The number of para-hydroxylation sites is 1. The van der Waals surface area contributed by atoms with Crippen molar-refractivity contribution in [3.8, 4) is 5.69 Å². The molecule has 0 unspecified atom stereocenters. The summed E-state index contributed by atoms with van der Waals surface area (Å²) in [5, 5.41) is 17.6. The lowest BCUT2D eigenvalue weighted by atomic mass is 10.2. The van der Waals surface area contributed by atoms with Crippen molar-refractivity contribution in [2.24, 2.45) is 0 Å². The molecule has 0 bridgehead atoms. The summed E-state index contributed by atoms with van der Waals surface area (Å²) in [5.41, 5.74) is 1.46. The third-order valence-electron chi connectivity index (χ3n) is 3.82. The number of hydrogen-bond acceptors (Lipinski definition) is 6. The molecule has 1 aromatic carbocycles. The predicted octanol–water partition coefficient (Wildman–Crippen LogP) is 2.31. The lowest BCUT2D eigenvalue weighted by Gasteiger charge is -2.12. The van der Waals surface area contributed by atoms with Gasteiger partial charge in [0.15, 0.2) is 6.04 Å². The third kappa shape index (κ3) is 3.31. The SMILES string of the molecule is COC(=O)[C@@H](CO)NC(=O)c1cc2c(C)nn(-c3ccccc3Cl)c2s1. The first-order valence-electron chi connectivity index (χ1n) is 7.70. The number of carbonyl (C=O) groups is 2. The average molecular weight is 394 g/mol. The summed E-state index contributed by atoms with van der Waals surface area (Å²) in [5.74, 6) is -1.18. The highest BCUT2D eigenvalue weighted by atomic mass is 35.5. The topological polar surface area (TPSA) is 93.4 Å². The molecule has 0 fully saturated rings. The van der Waals surface area contributed by atoms with Crippen LogP contribution in [0.5, 0.6) is 0 Å². The minimum absolute atomic E-state index is 0.392. The van der Waals surface area contributed by atoms with Crippen LogP contribution in [0.15, 0.2) is 30.3 Å². The van der Waals surface area contributed by atoms with E-state index in [1.807, 2.05) is 25.1 Å². The van der Waals surface area contributed by atoms with Crippen LogP contribution in [0.25, 0.3) is 15.9 Å². The van der Waals surface area contributed by atoms with E-state index in [1.54, 1.807) is 16.8 Å². The fraction of sp³-hybridized carbons (Fsp3) is 0.235. The molecular formula is C17H16ClN3O4S. The lowest BCUT2D eigenvalue weighted by molar-refractivity contribution is -0.143. The summed E-state index contributed by atoms with van der Waals surface area (Å²) in [6.07, 6.45) is 0. The smallest absolute Gasteiger partial charge is 0.330 e. The summed E-state index contributed by atoms with van der Waals surface area (Å²) < 4.78 is 6.25. The zero-order valence-corrected chi connectivity index (χ0v) is 15.6. The van der Waals surface area contributed by atoms with Gasteiger partial charge in [-0.2, -0.15) is 5.10 Å². The number of carbonyl (C=O) groups excluding carboxylic acids is 2. The van der Waals surface area contributed by atoms with Crippen molar-refractivity contribution >= 4 is 45.0 Å². The van der Waals surface area contributed by atoms with Crippen molar-refractivity contribution in [2.75, 3.05) is 13.7 Å². The molecule has 0 saturated heterocycles. The standard InChI is InChI=1S/C17H16ClN3O4S/c1-9-10-7-14(15(23)19-12(8-22)17(24)25-2)26-16(10)21(20-9)13-6-4-3-5-11(13)18/h3-7,12,22H,8H2,1-2H3,(H,19,23)/t12-/m1/s1. The van der Waals surface area contributed by atoms with Crippen LogP contribution in [0.2, 0.25) is 5.02 Å². The van der Waals surface area contributed by atoms with Gasteiger partial charge in [-0.15, -0.1) is 11.3 Å². The molecule has 7 nitrogen and oxygen atoms in total. The molecular weight excluding hydrogens is 378 g/mol. The highest BCUT2D eigenvalue weighted by molar-refractivity contribution is 7.20. The van der Waals surface area contributed by atoms with E-state index < -0.39 is 24.5 Å². The van der Waals surface area contributed by atoms with Gasteiger partial charge in [0, 0.05) is 5.39 Å². The van der Waals surface area contributed by atoms with Crippen LogP contribution < -0.4 is 5.32 Å². The van der Waals surface area contributed by atoms with E-state index in [1.165, 1.54) is 18.4 Å². The molecule has 0 aliphatic carbocycles. The number of rotatable bonds is 5. The Kier molecular flexibility index (Phi) is 5.26. The number of aromatic nitrogens is 2. The Hall–Kier alpha value is -2.42. The van der Waals surface area contributed by atoms with Crippen molar-refractivity contribution in [1.29, 1.82) is 0 Å². The highest BCUT2D eigenvalue weighted by Gasteiger charge is 2.24. The van der Waals surface area contributed by atoms with E-state index in [4.69, 9.17) is 11.6 Å². The quantitative estimate of drug-likeness (QED) is 0.649. The Balaban J connectivity index is 1.97. The summed E-state index contributed by atoms with van der Waals surface area (Å²) in [7, 11) is 1.19. The predicted molar refractivity (Wildman–Crippen MR) is 99.1 cm³/mol. The van der Waals surface area contributed by atoms with Crippen LogP contribution in [-0.4, -0.2) is 46.5 Å². The van der Waals surface area contributed by atoms with E-state index in [2.05, 4.69) is 15.2 Å². The number of aliphatic hydroxyl groups excluding tert-OH is 1. The van der Waals surface area contributed by atoms with Gasteiger partial charge in [0.1, 0.15) is 4.83 Å². The maximum Gasteiger partial charge on any atom is 0.330 e. The Morgan fingerprint density at radius 3 is 2.81 bits per heavy atom. The van der Waals surface area contributed by atoms with Crippen LogP contribution in [0.1, 0.15) is 15.4 Å². The van der Waals surface area contributed by atoms with Crippen LogP contribution in [0.3, 0.4) is 0 Å². The Morgan fingerprint density at radius 1 is 1.42 bits per heavy atom. The van der Waals surface area contributed by atoms with Crippen molar-refractivity contribution in [3.63, 3.8) is 0 Å². The van der Waals surface area contributed by atoms with E-state index in [9.17, 15) is 14.7 Å². The molecule has 2 heterocycles. The van der Waals surface area contributed by atoms with Gasteiger partial charge >= 0.3 is 5.97 Å². The Labute approximate surface area is 158 Å². The second-order valence-corrected chi connectivity index (χ2v) is 6.95. The Bertz CT molecular complexity index is 982. The number of ether oxygens (including phenoxy) is 1. The molecule has 0 aliphatic heterocycles. The largest absolute Gasteiger partial charge is 0.467 e. The van der Waals surface area contributed by atoms with Crippen molar-refractivity contribution in [1.82, 2.24) is 15.1 Å². The van der Waals surface area contributed by atoms with Gasteiger partial charge in [-0.1, -0.05) is 23.7 Å². The summed E-state index contributed by atoms with van der Waals surface area (Å²) in [6, 6.07) is 7.88. The Morgan fingerprint density at radius 2 is 2.15 bits per heavy atom. The van der Waals surface area contributed by atoms with Gasteiger partial charge in [0.25, 0.3) is 5.91 Å². The zero-order valence-electron chi connectivity index (χ0n) is 14.0. The average Bonchev–Trinajstić information content (AvgIpc) is 3.20. The maximum absolute atomic E-state index is 12.5. The van der Waals surface area contributed by atoms with Crippen LogP contribution >= 0.6 is 22.9 Å². The van der Waals surface area contributed by atoms with E-state index in [0.717, 1.165) is 15.9 Å². The van der Waals surface area contributed by atoms with E-state index in [0.29, 0.717) is 15.6 Å². The monoisotopic (exact) mass is 393 g/mol. The molecule has 2 aromatic heterocycles. The van der Waals surface area contributed by atoms with Crippen molar-refractivity contribution in [2.45, 2.75) is 13.0 Å². The minimum Gasteiger partial charge on any atom is -0.467 e. The number of halogens is 1. The van der Waals surface area contributed by atoms with Crippen LogP contribution in [-0.2, 0) is 9.53 Å². The van der Waals surface area contributed by atoms with Gasteiger partial charge in [-0.3, -0.25) is 4.79 Å². The molecule has 3 aromatic rings. The first-order chi connectivity index (χ1) is 12.5. The molecule has 1 amide bonds. The van der Waals surface area contributed by atoms with Crippen LogP contribution in [0, 0.1) is 6.92 Å². The number of nitrogens with one attached hydrogen (secondary N) is 1. The zero-order chi connectivity index (χ0) is 18.8. The van der Waals surface area contributed by atoms with Gasteiger partial charge in [0.05, 0.1) is 35.0 Å². The number of thiophene rings is 1. The number of nitrogens with zero attached hydrogens (tertiary/aromatic N) is 2. The molecule has 9 heteroatoms. The van der Waals surface area contributed by atoms with Gasteiger partial charge < -0.3 is 15.2 Å². The molecule has 26 heavy (non-hydrogen) atoms. The molecule has 2 N–H and O–H groups in total. The second-order valence-electron chi connectivity index (χ2n) is 5.51. The number of amides is 1. The molecule has 136 valence electrons. The molecule has 0 spiro atoms. The van der Waals surface area contributed by atoms with Crippen molar-refractivity contribution < 1.29 is 19.4 Å². The number of benzene rings is 1. The second kappa shape index (κ2) is 7.45. The number of methoxy groups -OCH3 is 1. The normalized spacial score (nSPS) is 12.2. The molecule has 0 aliphatic rings. The number of hydrogen-bond donors (Lipinski definition) is 2. The fourth-order valence-electron chi connectivity index (χ4n) is 2.50. The molecule has 0 radical (unpaired) electrons. The summed E-state index contributed by atoms with van der Waals surface area (Å²) >= 11 is 7.49. The molecule has 0 saturated carbocycles. The molecule has 1 atom stereocenters. The number of esters is 1. The van der Waals surface area contributed by atoms with Crippen molar-refractivity contribution in [3.05, 3.63) is 45.9 Å². The van der Waals surface area contributed by atoms with E-state index >= 15 is 0 Å². The van der Waals surface area contributed by atoms with Gasteiger partial charge in [-0.25, -0.2) is 9.48 Å².